The lowest BCUT2D eigenvalue weighted by Crippen LogP contribution is -2.24. The number of aromatic nitrogens is 3. The maximum absolute atomic E-state index is 9.05. The molecule has 0 aliphatic carbocycles. The van der Waals surface area contributed by atoms with Gasteiger partial charge in [-0.1, -0.05) is 0 Å². The van der Waals surface area contributed by atoms with Crippen molar-refractivity contribution >= 4 is 5.95 Å². The van der Waals surface area contributed by atoms with E-state index in [0.29, 0.717) is 5.95 Å². The van der Waals surface area contributed by atoms with Gasteiger partial charge in [0.2, 0.25) is 5.95 Å². The van der Waals surface area contributed by atoms with Crippen molar-refractivity contribution < 1.29 is 10.2 Å². The average Bonchev–Trinajstić information content (AvgIpc) is 2.19. The van der Waals surface area contributed by atoms with Crippen LogP contribution in [0.5, 0.6) is 0 Å². The summed E-state index contributed by atoms with van der Waals surface area (Å²) < 4.78 is 0. The molecular weight excluding hydrogens is 184 g/mol. The molecular formula is C8H14N4O2. The highest BCUT2D eigenvalue weighted by molar-refractivity contribution is 5.24. The van der Waals surface area contributed by atoms with E-state index in [2.05, 4.69) is 20.5 Å². The van der Waals surface area contributed by atoms with Crippen LogP contribution in [-0.2, 0) is 0 Å². The Kier molecular flexibility index (Phi) is 3.73. The van der Waals surface area contributed by atoms with Crippen molar-refractivity contribution in [2.75, 3.05) is 18.5 Å². The summed E-state index contributed by atoms with van der Waals surface area (Å²) in [5.74, 6) is 0.362. The highest BCUT2D eigenvalue weighted by atomic mass is 16.3. The van der Waals surface area contributed by atoms with Gasteiger partial charge < -0.3 is 15.5 Å². The molecule has 1 aromatic rings. The fourth-order valence-electron chi connectivity index (χ4n) is 0.805. The Hall–Kier alpha value is -1.27. The van der Waals surface area contributed by atoms with Gasteiger partial charge in [0.15, 0.2) is 0 Å². The van der Waals surface area contributed by atoms with Crippen LogP contribution in [0.25, 0.3) is 0 Å². The third kappa shape index (κ3) is 2.90. The van der Waals surface area contributed by atoms with E-state index in [9.17, 15) is 0 Å². The molecule has 0 fully saturated rings. The van der Waals surface area contributed by atoms with Crippen molar-refractivity contribution in [1.29, 1.82) is 0 Å². The minimum absolute atomic E-state index is 0.209. The predicted octanol–water partition coefficient (Wildman–Crippen LogP) is -0.746. The number of anilines is 1. The van der Waals surface area contributed by atoms with Gasteiger partial charge in [-0.3, -0.25) is 0 Å². The van der Waals surface area contributed by atoms with Crippen LogP contribution >= 0.6 is 0 Å². The molecule has 1 unspecified atom stereocenters. The molecule has 0 aliphatic rings. The van der Waals surface area contributed by atoms with Gasteiger partial charge in [0.05, 0.1) is 24.1 Å². The fraction of sp³-hybridized carbons (Fsp3) is 0.625. The zero-order valence-electron chi connectivity index (χ0n) is 8.23. The van der Waals surface area contributed by atoms with Crippen LogP contribution in [0.4, 0.5) is 5.95 Å². The lowest BCUT2D eigenvalue weighted by atomic mass is 10.4. The first-order chi connectivity index (χ1) is 6.63. The summed E-state index contributed by atoms with van der Waals surface area (Å²) in [6.45, 7) is 3.57. The summed E-state index contributed by atoms with van der Waals surface area (Å²) in [6.07, 6.45) is -0.805. The van der Waals surface area contributed by atoms with E-state index < -0.39 is 6.10 Å². The lowest BCUT2D eigenvalue weighted by molar-refractivity contribution is 0.105. The quantitative estimate of drug-likeness (QED) is 0.590. The molecule has 14 heavy (non-hydrogen) atoms. The van der Waals surface area contributed by atoms with E-state index in [1.54, 1.807) is 0 Å². The summed E-state index contributed by atoms with van der Waals surface area (Å²) in [6, 6.07) is 0. The Balaban J connectivity index is 2.55. The number of nitrogens with one attached hydrogen (secondary N) is 1. The Morgan fingerprint density at radius 2 is 2.00 bits per heavy atom. The number of hydrogen-bond donors (Lipinski definition) is 3. The normalized spacial score (nSPS) is 12.6. The maximum Gasteiger partial charge on any atom is 0.243 e. The first-order valence-electron chi connectivity index (χ1n) is 4.34. The second-order valence-corrected chi connectivity index (χ2v) is 3.02. The summed E-state index contributed by atoms with van der Waals surface area (Å²) >= 11 is 0. The molecule has 0 saturated carbocycles. The first-order valence-corrected chi connectivity index (χ1v) is 4.34. The molecule has 6 heteroatoms. The molecule has 0 aliphatic heterocycles. The van der Waals surface area contributed by atoms with Gasteiger partial charge in [-0.15, -0.1) is 5.10 Å². The second-order valence-electron chi connectivity index (χ2n) is 3.02. The molecule has 1 heterocycles. The predicted molar refractivity (Wildman–Crippen MR) is 50.9 cm³/mol. The SMILES string of the molecule is Cc1nnc(NCC(O)CO)nc1C. The first kappa shape index (κ1) is 10.8. The molecule has 0 aromatic carbocycles. The van der Waals surface area contributed by atoms with Crippen molar-refractivity contribution in [1.82, 2.24) is 15.2 Å². The number of aliphatic hydroxyl groups excluding tert-OH is 2. The van der Waals surface area contributed by atoms with Crippen molar-refractivity contribution in [3.8, 4) is 0 Å². The Bertz CT molecular complexity index is 305. The number of hydrogen-bond acceptors (Lipinski definition) is 6. The van der Waals surface area contributed by atoms with Gasteiger partial charge in [-0.2, -0.15) is 5.10 Å². The Morgan fingerprint density at radius 1 is 1.29 bits per heavy atom. The zero-order valence-corrected chi connectivity index (χ0v) is 8.23. The minimum Gasteiger partial charge on any atom is -0.394 e. The number of rotatable bonds is 4. The van der Waals surface area contributed by atoms with Crippen LogP contribution in [0.3, 0.4) is 0 Å². The van der Waals surface area contributed by atoms with Gasteiger partial charge >= 0.3 is 0 Å². The Morgan fingerprint density at radius 3 is 2.57 bits per heavy atom. The van der Waals surface area contributed by atoms with E-state index in [1.807, 2.05) is 13.8 Å². The van der Waals surface area contributed by atoms with Gasteiger partial charge in [-0.25, -0.2) is 4.98 Å². The van der Waals surface area contributed by atoms with Crippen LogP contribution in [0, 0.1) is 13.8 Å². The molecule has 1 aromatic heterocycles. The van der Waals surface area contributed by atoms with Crippen LogP contribution in [0.2, 0.25) is 0 Å². The largest absolute Gasteiger partial charge is 0.394 e. The molecule has 78 valence electrons. The van der Waals surface area contributed by atoms with Crippen molar-refractivity contribution in [3.05, 3.63) is 11.4 Å². The fourth-order valence-corrected chi connectivity index (χ4v) is 0.805. The van der Waals surface area contributed by atoms with Crippen LogP contribution in [0.15, 0.2) is 0 Å². The van der Waals surface area contributed by atoms with Crippen molar-refractivity contribution in [3.63, 3.8) is 0 Å². The average molecular weight is 198 g/mol. The van der Waals surface area contributed by atoms with E-state index in [0.717, 1.165) is 11.4 Å². The monoisotopic (exact) mass is 198 g/mol. The van der Waals surface area contributed by atoms with Crippen molar-refractivity contribution in [2.24, 2.45) is 0 Å². The summed E-state index contributed by atoms with van der Waals surface area (Å²) in [4.78, 5) is 4.10. The molecule has 0 radical (unpaired) electrons. The molecule has 0 saturated heterocycles. The summed E-state index contributed by atoms with van der Waals surface area (Å²) in [5, 5.41) is 28.0. The zero-order chi connectivity index (χ0) is 10.6. The van der Waals surface area contributed by atoms with E-state index >= 15 is 0 Å². The molecule has 3 N–H and O–H groups in total. The van der Waals surface area contributed by atoms with E-state index in [1.165, 1.54) is 0 Å². The Labute approximate surface area is 82.0 Å². The summed E-state index contributed by atoms with van der Waals surface area (Å²) in [7, 11) is 0. The van der Waals surface area contributed by atoms with Crippen LogP contribution in [-0.4, -0.2) is 44.7 Å². The molecule has 0 spiro atoms. The van der Waals surface area contributed by atoms with Gasteiger partial charge in [0, 0.05) is 6.54 Å². The highest BCUT2D eigenvalue weighted by Crippen LogP contribution is 2.01. The molecule has 1 atom stereocenters. The molecule has 0 amide bonds. The standard InChI is InChI=1S/C8H14N4O2/c1-5-6(2)11-12-8(10-5)9-3-7(14)4-13/h7,13-14H,3-4H2,1-2H3,(H,9,10,12). The third-order valence-electron chi connectivity index (χ3n) is 1.80. The highest BCUT2D eigenvalue weighted by Gasteiger charge is 2.04. The van der Waals surface area contributed by atoms with Gasteiger partial charge in [-0.05, 0) is 13.8 Å². The van der Waals surface area contributed by atoms with Crippen LogP contribution in [0.1, 0.15) is 11.4 Å². The molecule has 0 bridgehead atoms. The lowest BCUT2D eigenvalue weighted by Gasteiger charge is -2.08. The number of aryl methyl sites for hydroxylation is 2. The number of aliphatic hydroxyl groups is 2. The smallest absolute Gasteiger partial charge is 0.243 e. The summed E-state index contributed by atoms with van der Waals surface area (Å²) in [5.41, 5.74) is 1.57. The van der Waals surface area contributed by atoms with E-state index in [-0.39, 0.29) is 13.2 Å². The van der Waals surface area contributed by atoms with Crippen molar-refractivity contribution in [2.45, 2.75) is 20.0 Å². The topological polar surface area (TPSA) is 91.2 Å². The second kappa shape index (κ2) is 4.83. The van der Waals surface area contributed by atoms with E-state index in [4.69, 9.17) is 10.2 Å². The number of nitrogens with zero attached hydrogens (tertiary/aromatic N) is 3. The van der Waals surface area contributed by atoms with Crippen LogP contribution < -0.4 is 5.32 Å². The minimum atomic E-state index is -0.805. The third-order valence-corrected chi connectivity index (χ3v) is 1.80. The van der Waals surface area contributed by atoms with Gasteiger partial charge in [0.25, 0.3) is 0 Å². The molecule has 6 nitrogen and oxygen atoms in total. The van der Waals surface area contributed by atoms with Gasteiger partial charge in [0.1, 0.15) is 0 Å². The molecule has 1 rings (SSSR count). The maximum atomic E-state index is 9.05.